The average Bonchev–Trinajstić information content (AvgIpc) is 3.05. The van der Waals surface area contributed by atoms with E-state index in [1.165, 1.54) is 0 Å². The van der Waals surface area contributed by atoms with Crippen LogP contribution in [-0.2, 0) is 9.59 Å². The van der Waals surface area contributed by atoms with Crippen LogP contribution in [0.15, 0.2) is 53.4 Å². The fraction of sp³-hybridized carbons (Fsp3) is 0.364. The van der Waals surface area contributed by atoms with Crippen LogP contribution in [0.3, 0.4) is 0 Å². The zero-order valence-electron chi connectivity index (χ0n) is 16.1. The van der Waals surface area contributed by atoms with Gasteiger partial charge >= 0.3 is 0 Å². The second-order valence-corrected chi connectivity index (χ2v) is 8.73. The van der Waals surface area contributed by atoms with Crippen molar-refractivity contribution in [2.24, 2.45) is 0 Å². The maximum Gasteiger partial charge on any atom is 0.246 e. The van der Waals surface area contributed by atoms with Crippen LogP contribution in [0.5, 0.6) is 0 Å². The summed E-state index contributed by atoms with van der Waals surface area (Å²) < 4.78 is 0. The second kappa shape index (κ2) is 8.27. The molecule has 6 heteroatoms. The molecule has 0 aromatic heterocycles. The predicted molar refractivity (Wildman–Crippen MR) is 115 cm³/mol. The largest absolute Gasteiger partial charge is 0.374 e. The number of nitrogens with one attached hydrogen (secondary N) is 1. The topological polar surface area (TPSA) is 52.7 Å². The number of fused-ring (bicyclic) bond motifs is 1. The maximum absolute atomic E-state index is 13.1. The highest BCUT2D eigenvalue weighted by Gasteiger charge is 2.26. The van der Waals surface area contributed by atoms with E-state index in [1.807, 2.05) is 64.0 Å². The first-order chi connectivity index (χ1) is 13.6. The summed E-state index contributed by atoms with van der Waals surface area (Å²) in [5.74, 6) is 0.192. The van der Waals surface area contributed by atoms with Gasteiger partial charge in [0.25, 0.3) is 0 Å². The van der Waals surface area contributed by atoms with Crippen molar-refractivity contribution in [1.82, 2.24) is 0 Å². The molecule has 1 unspecified atom stereocenters. The van der Waals surface area contributed by atoms with Gasteiger partial charge in [-0.1, -0.05) is 31.2 Å². The molecule has 2 aliphatic heterocycles. The quantitative estimate of drug-likeness (QED) is 0.845. The van der Waals surface area contributed by atoms with Crippen molar-refractivity contribution in [1.29, 1.82) is 0 Å². The van der Waals surface area contributed by atoms with Gasteiger partial charge in [0.15, 0.2) is 0 Å². The number of amides is 2. The number of hydrogen-bond acceptors (Lipinski definition) is 4. The van der Waals surface area contributed by atoms with Crippen LogP contribution >= 0.6 is 11.8 Å². The summed E-state index contributed by atoms with van der Waals surface area (Å²) in [7, 11) is 0. The van der Waals surface area contributed by atoms with Gasteiger partial charge in [-0.25, -0.2) is 0 Å². The van der Waals surface area contributed by atoms with Gasteiger partial charge in [0, 0.05) is 29.7 Å². The lowest BCUT2D eigenvalue weighted by Gasteiger charge is -2.24. The fourth-order valence-corrected chi connectivity index (χ4v) is 4.89. The van der Waals surface area contributed by atoms with Crippen molar-refractivity contribution in [3.8, 4) is 0 Å². The summed E-state index contributed by atoms with van der Waals surface area (Å²) in [4.78, 5) is 30.1. The summed E-state index contributed by atoms with van der Waals surface area (Å²) in [6.45, 7) is 3.86. The van der Waals surface area contributed by atoms with Crippen LogP contribution in [0.25, 0.3) is 0 Å². The van der Waals surface area contributed by atoms with Crippen LogP contribution in [0.4, 0.5) is 17.1 Å². The molecule has 0 spiro atoms. The molecule has 2 amide bonds. The van der Waals surface area contributed by atoms with Crippen molar-refractivity contribution in [3.05, 3.63) is 48.5 Å². The molecule has 2 aliphatic rings. The Morgan fingerprint density at radius 1 is 1.11 bits per heavy atom. The third kappa shape index (κ3) is 3.87. The molecule has 1 fully saturated rings. The molecule has 2 aromatic rings. The van der Waals surface area contributed by atoms with Crippen molar-refractivity contribution in [3.63, 3.8) is 0 Å². The van der Waals surface area contributed by atoms with E-state index in [9.17, 15) is 9.59 Å². The Labute approximate surface area is 170 Å². The number of thioether (sulfide) groups is 1. The Kier molecular flexibility index (Phi) is 5.57. The maximum atomic E-state index is 13.1. The highest BCUT2D eigenvalue weighted by Crippen LogP contribution is 2.37. The SMILES string of the molecule is CC1CCN(C(=O)CNc2ccccc2N2CCCC2=O)c2ccccc2S1. The highest BCUT2D eigenvalue weighted by molar-refractivity contribution is 8.00. The molecule has 2 heterocycles. The Bertz CT molecular complexity index is 886. The molecule has 4 rings (SSSR count). The van der Waals surface area contributed by atoms with Crippen molar-refractivity contribution in [2.75, 3.05) is 34.8 Å². The first-order valence-electron chi connectivity index (χ1n) is 9.83. The van der Waals surface area contributed by atoms with E-state index in [-0.39, 0.29) is 18.4 Å². The normalized spacial score (nSPS) is 19.3. The number of benzene rings is 2. The van der Waals surface area contributed by atoms with Gasteiger partial charge in [-0.2, -0.15) is 0 Å². The van der Waals surface area contributed by atoms with Gasteiger partial charge in [-0.05, 0) is 37.1 Å². The molecule has 146 valence electrons. The molecule has 0 saturated carbocycles. The highest BCUT2D eigenvalue weighted by atomic mass is 32.2. The Morgan fingerprint density at radius 3 is 2.64 bits per heavy atom. The Morgan fingerprint density at radius 2 is 1.86 bits per heavy atom. The molecule has 2 aromatic carbocycles. The predicted octanol–water partition coefficient (Wildman–Crippen LogP) is 4.14. The Balaban J connectivity index is 1.50. The number of para-hydroxylation sites is 3. The number of carbonyl (C=O) groups is 2. The zero-order chi connectivity index (χ0) is 19.5. The third-order valence-electron chi connectivity index (χ3n) is 5.24. The molecule has 0 radical (unpaired) electrons. The summed E-state index contributed by atoms with van der Waals surface area (Å²) >= 11 is 1.83. The first kappa shape index (κ1) is 18.9. The van der Waals surface area contributed by atoms with Crippen LogP contribution in [-0.4, -0.2) is 36.7 Å². The molecule has 0 aliphatic carbocycles. The smallest absolute Gasteiger partial charge is 0.246 e. The van der Waals surface area contributed by atoms with Crippen LogP contribution < -0.4 is 15.1 Å². The zero-order valence-corrected chi connectivity index (χ0v) is 16.9. The Hall–Kier alpha value is -2.47. The summed E-state index contributed by atoms with van der Waals surface area (Å²) in [6.07, 6.45) is 2.43. The molecule has 1 N–H and O–H groups in total. The van der Waals surface area contributed by atoms with Gasteiger partial charge in [0.1, 0.15) is 0 Å². The molecular formula is C22H25N3O2S. The van der Waals surface area contributed by atoms with Gasteiger partial charge in [-0.3, -0.25) is 9.59 Å². The van der Waals surface area contributed by atoms with E-state index in [2.05, 4.69) is 18.3 Å². The van der Waals surface area contributed by atoms with E-state index in [1.54, 1.807) is 0 Å². The molecule has 0 bridgehead atoms. The lowest BCUT2D eigenvalue weighted by Crippen LogP contribution is -2.37. The third-order valence-corrected chi connectivity index (χ3v) is 6.48. The minimum atomic E-state index is 0.0460. The minimum absolute atomic E-state index is 0.0460. The fourth-order valence-electron chi connectivity index (χ4n) is 3.77. The average molecular weight is 396 g/mol. The standard InChI is InChI=1S/C22H25N3O2S/c1-16-12-14-25(19-9-4-5-10-20(19)28-16)22(27)15-23-17-7-2-3-8-18(17)24-13-6-11-21(24)26/h2-5,7-10,16,23H,6,11-15H2,1H3. The van der Waals surface area contributed by atoms with Crippen molar-refractivity contribution < 1.29 is 9.59 Å². The molecule has 5 nitrogen and oxygen atoms in total. The van der Waals surface area contributed by atoms with Crippen molar-refractivity contribution >= 4 is 40.6 Å². The van der Waals surface area contributed by atoms with Crippen LogP contribution in [0.1, 0.15) is 26.2 Å². The van der Waals surface area contributed by atoms with E-state index in [4.69, 9.17) is 0 Å². The van der Waals surface area contributed by atoms with E-state index in [0.29, 0.717) is 11.7 Å². The first-order valence-corrected chi connectivity index (χ1v) is 10.7. The number of anilines is 3. The second-order valence-electron chi connectivity index (χ2n) is 7.25. The van der Waals surface area contributed by atoms with Gasteiger partial charge < -0.3 is 15.1 Å². The van der Waals surface area contributed by atoms with Crippen LogP contribution in [0, 0.1) is 0 Å². The number of nitrogens with zero attached hydrogens (tertiary/aromatic N) is 2. The summed E-state index contributed by atoms with van der Waals surface area (Å²) in [5, 5.41) is 3.76. The van der Waals surface area contributed by atoms with E-state index < -0.39 is 0 Å². The summed E-state index contributed by atoms with van der Waals surface area (Å²) in [6, 6.07) is 15.8. The van der Waals surface area contributed by atoms with Crippen molar-refractivity contribution in [2.45, 2.75) is 36.3 Å². The minimum Gasteiger partial charge on any atom is -0.374 e. The van der Waals surface area contributed by atoms with E-state index >= 15 is 0 Å². The van der Waals surface area contributed by atoms with Gasteiger partial charge in [0.2, 0.25) is 11.8 Å². The van der Waals surface area contributed by atoms with Gasteiger partial charge in [-0.15, -0.1) is 11.8 Å². The number of rotatable bonds is 4. The molecule has 1 atom stereocenters. The van der Waals surface area contributed by atoms with E-state index in [0.717, 1.165) is 47.9 Å². The van der Waals surface area contributed by atoms with Gasteiger partial charge in [0.05, 0.1) is 23.6 Å². The molecule has 1 saturated heterocycles. The number of hydrogen-bond donors (Lipinski definition) is 1. The number of carbonyl (C=O) groups excluding carboxylic acids is 2. The lowest BCUT2D eigenvalue weighted by molar-refractivity contribution is -0.117. The van der Waals surface area contributed by atoms with Crippen LogP contribution in [0.2, 0.25) is 0 Å². The monoisotopic (exact) mass is 395 g/mol. The molecule has 28 heavy (non-hydrogen) atoms. The summed E-state index contributed by atoms with van der Waals surface area (Å²) in [5.41, 5.74) is 2.68. The molecular weight excluding hydrogens is 370 g/mol. The lowest BCUT2D eigenvalue weighted by atomic mass is 10.2.